The smallest absolute Gasteiger partial charge is 0.0386 e. The Labute approximate surface area is 206 Å². The lowest BCUT2D eigenvalue weighted by atomic mass is 10.0. The van der Waals surface area contributed by atoms with Crippen LogP contribution in [0.5, 0.6) is 0 Å². The van der Waals surface area contributed by atoms with Gasteiger partial charge >= 0.3 is 0 Å². The lowest BCUT2D eigenvalue weighted by Crippen LogP contribution is -1.85. The molecule has 0 aromatic heterocycles. The first-order chi connectivity index (χ1) is 15.9. The van der Waals surface area contributed by atoms with Gasteiger partial charge in [-0.2, -0.15) is 0 Å². The van der Waals surface area contributed by atoms with Crippen LogP contribution in [0.25, 0.3) is 0 Å². The first-order valence-corrected chi connectivity index (χ1v) is 15.7. The number of unbranched alkanes of at least 4 members (excludes halogenated alkanes) is 29. The highest BCUT2D eigenvalue weighted by Gasteiger charge is 1.96. The molecule has 0 heterocycles. The molecular formula is C32H65. The van der Waals surface area contributed by atoms with Crippen LogP contribution in [0.2, 0.25) is 0 Å². The summed E-state index contributed by atoms with van der Waals surface area (Å²) < 4.78 is 0. The molecule has 0 bridgehead atoms. The van der Waals surface area contributed by atoms with E-state index in [1.54, 1.807) is 0 Å². The third kappa shape index (κ3) is 30.0. The Balaban J connectivity index is 2.98. The molecule has 0 atom stereocenters. The molecule has 0 aliphatic carbocycles. The van der Waals surface area contributed by atoms with Crippen LogP contribution in [0, 0.1) is 6.42 Å². The minimum Gasteiger partial charge on any atom is -0.0654 e. The predicted octanol–water partition coefficient (Wildman–Crippen LogP) is 12.5. The molecule has 32 heavy (non-hydrogen) atoms. The normalized spacial score (nSPS) is 11.4. The van der Waals surface area contributed by atoms with Crippen molar-refractivity contribution in [3.63, 3.8) is 0 Å². The Hall–Kier alpha value is 0. The van der Waals surface area contributed by atoms with Gasteiger partial charge in [-0.25, -0.2) is 0 Å². The molecule has 0 saturated carbocycles. The van der Waals surface area contributed by atoms with Gasteiger partial charge in [-0.15, -0.1) is 0 Å². The third-order valence-corrected chi connectivity index (χ3v) is 7.27. The van der Waals surface area contributed by atoms with E-state index in [1.807, 2.05) is 0 Å². The van der Waals surface area contributed by atoms with Gasteiger partial charge in [-0.05, 0) is 6.42 Å². The molecule has 0 nitrogen and oxygen atoms in total. The van der Waals surface area contributed by atoms with Crippen molar-refractivity contribution in [1.82, 2.24) is 0 Å². The first kappa shape index (κ1) is 32.0. The van der Waals surface area contributed by atoms with Gasteiger partial charge in [0.05, 0.1) is 0 Å². The third-order valence-electron chi connectivity index (χ3n) is 7.27. The average Bonchev–Trinajstić information content (AvgIpc) is 2.81. The molecule has 1 radical (unpaired) electrons. The summed E-state index contributed by atoms with van der Waals surface area (Å²) >= 11 is 0. The van der Waals surface area contributed by atoms with E-state index in [9.17, 15) is 0 Å². The van der Waals surface area contributed by atoms with Crippen LogP contribution in [0.1, 0.15) is 200 Å². The van der Waals surface area contributed by atoms with Crippen molar-refractivity contribution in [2.24, 2.45) is 0 Å². The maximum atomic E-state index is 2.52. The van der Waals surface area contributed by atoms with Gasteiger partial charge < -0.3 is 0 Å². The molecule has 0 N–H and O–H groups in total. The maximum Gasteiger partial charge on any atom is -0.0386 e. The van der Waals surface area contributed by atoms with Gasteiger partial charge in [0, 0.05) is 0 Å². The minimum absolute atomic E-state index is 1.34. The summed E-state index contributed by atoms with van der Waals surface area (Å²) in [7, 11) is 0. The summed E-state index contributed by atoms with van der Waals surface area (Å²) in [6.07, 6.45) is 44.9. The first-order valence-electron chi connectivity index (χ1n) is 15.7. The van der Waals surface area contributed by atoms with E-state index < -0.39 is 0 Å². The van der Waals surface area contributed by atoms with Crippen LogP contribution >= 0.6 is 0 Å². The SMILES string of the molecule is CCCC[CH]CCCCCCCCCCCCCCCCCCCCCCCCCCC. The fraction of sp³-hybridized carbons (Fsp3) is 0.969. The molecule has 0 fully saturated rings. The number of hydrogen-bond donors (Lipinski definition) is 0. The molecule has 0 aromatic rings. The average molecular weight is 450 g/mol. The molecule has 0 heteroatoms. The van der Waals surface area contributed by atoms with Crippen molar-refractivity contribution in [3.05, 3.63) is 6.42 Å². The zero-order chi connectivity index (χ0) is 23.2. The maximum absolute atomic E-state index is 2.52. The van der Waals surface area contributed by atoms with Crippen LogP contribution in [0.4, 0.5) is 0 Å². The Kier molecular flexibility index (Phi) is 31.0. The number of hydrogen-bond acceptors (Lipinski definition) is 0. The molecule has 193 valence electrons. The monoisotopic (exact) mass is 450 g/mol. The van der Waals surface area contributed by atoms with Gasteiger partial charge in [0.15, 0.2) is 0 Å². The largest absolute Gasteiger partial charge is 0.0654 e. The quantitative estimate of drug-likeness (QED) is 0.0995. The molecule has 0 aromatic carbocycles. The zero-order valence-electron chi connectivity index (χ0n) is 23.1. The van der Waals surface area contributed by atoms with Crippen LogP contribution < -0.4 is 0 Å². The zero-order valence-corrected chi connectivity index (χ0v) is 23.1. The second-order valence-electron chi connectivity index (χ2n) is 10.7. The Morgan fingerprint density at radius 1 is 0.250 bits per heavy atom. The lowest BCUT2D eigenvalue weighted by Gasteiger charge is -2.04. The molecule has 0 rings (SSSR count). The molecule has 0 amide bonds. The standard InChI is InChI=1S/C32H65/c1-3-5-7-9-11-13-15-17-19-21-23-25-27-29-31-32-30-28-26-24-22-20-18-16-14-12-10-8-6-4-2/h9H,3-8,10-32H2,1-2H3. The van der Waals surface area contributed by atoms with Crippen molar-refractivity contribution >= 4 is 0 Å². The summed E-state index contributed by atoms with van der Waals surface area (Å²) in [5, 5.41) is 0. The van der Waals surface area contributed by atoms with Crippen LogP contribution in [0.3, 0.4) is 0 Å². The van der Waals surface area contributed by atoms with Gasteiger partial charge in [0.1, 0.15) is 0 Å². The van der Waals surface area contributed by atoms with E-state index >= 15 is 0 Å². The molecular weight excluding hydrogens is 384 g/mol. The highest BCUT2D eigenvalue weighted by atomic mass is 14.0. The van der Waals surface area contributed by atoms with Gasteiger partial charge in [-0.3, -0.25) is 0 Å². The van der Waals surface area contributed by atoms with Crippen molar-refractivity contribution in [2.75, 3.05) is 0 Å². The van der Waals surface area contributed by atoms with E-state index in [1.165, 1.54) is 186 Å². The van der Waals surface area contributed by atoms with Gasteiger partial charge in [0.25, 0.3) is 0 Å². The van der Waals surface area contributed by atoms with Gasteiger partial charge in [-0.1, -0.05) is 200 Å². The highest BCUT2D eigenvalue weighted by molar-refractivity contribution is 4.64. The Bertz CT molecular complexity index is 264. The van der Waals surface area contributed by atoms with Crippen molar-refractivity contribution in [1.29, 1.82) is 0 Å². The van der Waals surface area contributed by atoms with E-state index in [0.29, 0.717) is 0 Å². The minimum atomic E-state index is 1.34. The van der Waals surface area contributed by atoms with E-state index in [4.69, 9.17) is 0 Å². The van der Waals surface area contributed by atoms with Gasteiger partial charge in [0.2, 0.25) is 0 Å². The van der Waals surface area contributed by atoms with E-state index in [-0.39, 0.29) is 0 Å². The summed E-state index contributed by atoms with van der Waals surface area (Å²) in [5.74, 6) is 0. The fourth-order valence-electron chi connectivity index (χ4n) is 4.92. The van der Waals surface area contributed by atoms with E-state index in [2.05, 4.69) is 20.3 Å². The van der Waals surface area contributed by atoms with Crippen LogP contribution in [0.15, 0.2) is 0 Å². The van der Waals surface area contributed by atoms with Crippen molar-refractivity contribution < 1.29 is 0 Å². The lowest BCUT2D eigenvalue weighted by molar-refractivity contribution is 0.516. The van der Waals surface area contributed by atoms with Crippen molar-refractivity contribution in [3.8, 4) is 0 Å². The molecule has 0 aliphatic heterocycles. The Morgan fingerprint density at radius 3 is 0.750 bits per heavy atom. The second kappa shape index (κ2) is 31.0. The predicted molar refractivity (Wildman–Crippen MR) is 150 cm³/mol. The molecule has 0 saturated heterocycles. The van der Waals surface area contributed by atoms with Crippen molar-refractivity contribution in [2.45, 2.75) is 200 Å². The van der Waals surface area contributed by atoms with Crippen LogP contribution in [-0.2, 0) is 0 Å². The highest BCUT2D eigenvalue weighted by Crippen LogP contribution is 2.16. The summed E-state index contributed by atoms with van der Waals surface area (Å²) in [6, 6.07) is 0. The summed E-state index contributed by atoms with van der Waals surface area (Å²) in [5.41, 5.74) is 0. The molecule has 0 unspecified atom stereocenters. The van der Waals surface area contributed by atoms with E-state index in [0.717, 1.165) is 0 Å². The summed E-state index contributed by atoms with van der Waals surface area (Å²) in [4.78, 5) is 0. The topological polar surface area (TPSA) is 0 Å². The fourth-order valence-corrected chi connectivity index (χ4v) is 4.92. The van der Waals surface area contributed by atoms with Crippen LogP contribution in [-0.4, -0.2) is 0 Å². The second-order valence-corrected chi connectivity index (χ2v) is 10.7. The Morgan fingerprint density at radius 2 is 0.469 bits per heavy atom. The molecule has 0 aliphatic rings. The summed E-state index contributed by atoms with van der Waals surface area (Å²) in [6.45, 7) is 4.59. The number of rotatable bonds is 29. The molecule has 0 spiro atoms.